The summed E-state index contributed by atoms with van der Waals surface area (Å²) in [6.45, 7) is 0. The van der Waals surface area contributed by atoms with Crippen LogP contribution in [-0.4, -0.2) is 60.6 Å². The number of hydrogen-bond donors (Lipinski definition) is 0. The fourth-order valence-corrected chi connectivity index (χ4v) is 26.3. The SMILES string of the molecule is Cl.[Rh].c1cc[c]([Sb]([c]2ccccc2)[c]2ccccc2)cc1.c1cc[c]([Sb]([c]2ccccc2)[c]2ccccc2)cc1.c1cc[c]([Sb]([c]2ccccc2)[c]2ccccc2)cc1. The zero-order valence-corrected chi connectivity index (χ0v) is 42.7. The second-order valence-corrected chi connectivity index (χ2v) is 32.0. The first-order valence-corrected chi connectivity index (χ1v) is 30.7. The van der Waals surface area contributed by atoms with Crippen molar-refractivity contribution in [2.24, 2.45) is 0 Å². The predicted molar refractivity (Wildman–Crippen MR) is 259 cm³/mol. The summed E-state index contributed by atoms with van der Waals surface area (Å²) in [4.78, 5) is 0. The van der Waals surface area contributed by atoms with Crippen molar-refractivity contribution in [1.29, 1.82) is 0 Å². The Balaban J connectivity index is 0.000000165. The van der Waals surface area contributed by atoms with E-state index in [2.05, 4.69) is 273 Å². The Labute approximate surface area is 392 Å². The van der Waals surface area contributed by atoms with Gasteiger partial charge < -0.3 is 0 Å². The Bertz CT molecular complexity index is 1870. The molecule has 0 bridgehead atoms. The molecule has 0 saturated carbocycles. The summed E-state index contributed by atoms with van der Waals surface area (Å²) in [7, 11) is 0. The first-order valence-electron chi connectivity index (χ1n) is 19.2. The number of hydrogen-bond acceptors (Lipinski definition) is 0. The summed E-state index contributed by atoms with van der Waals surface area (Å²) in [5, 5.41) is 0. The van der Waals surface area contributed by atoms with Gasteiger partial charge in [0.25, 0.3) is 0 Å². The van der Waals surface area contributed by atoms with Crippen LogP contribution in [0, 0.1) is 0 Å². The van der Waals surface area contributed by atoms with E-state index in [4.69, 9.17) is 0 Å². The molecule has 1 radical (unpaired) electrons. The van der Waals surface area contributed by atoms with Crippen molar-refractivity contribution < 1.29 is 19.5 Å². The van der Waals surface area contributed by atoms with Crippen molar-refractivity contribution in [2.75, 3.05) is 0 Å². The van der Waals surface area contributed by atoms with Gasteiger partial charge in [-0.25, -0.2) is 0 Å². The number of halogens is 1. The van der Waals surface area contributed by atoms with Crippen LogP contribution in [0.5, 0.6) is 0 Å². The zero-order chi connectivity index (χ0) is 38.7. The fraction of sp³-hybridized carbons (Fsp3) is 0. The summed E-state index contributed by atoms with van der Waals surface area (Å²) in [6.07, 6.45) is 0. The third-order valence-corrected chi connectivity index (χ3v) is 30.1. The van der Waals surface area contributed by atoms with Gasteiger partial charge in [-0.1, -0.05) is 0 Å². The van der Waals surface area contributed by atoms with Crippen LogP contribution < -0.4 is 31.6 Å². The van der Waals surface area contributed by atoms with Crippen LogP contribution in [-0.2, 0) is 19.5 Å². The summed E-state index contributed by atoms with van der Waals surface area (Å²) in [5.74, 6) is 0. The Kier molecular flexibility index (Phi) is 20.3. The molecular weight excluding hydrogens is 1150 g/mol. The summed E-state index contributed by atoms with van der Waals surface area (Å²) >= 11 is -5.48. The normalized spacial score (nSPS) is 10.2. The van der Waals surface area contributed by atoms with Crippen LogP contribution in [0.1, 0.15) is 0 Å². The molecule has 5 heteroatoms. The van der Waals surface area contributed by atoms with Gasteiger partial charge in [0.15, 0.2) is 0 Å². The summed E-state index contributed by atoms with van der Waals surface area (Å²) in [6, 6.07) is 98.6. The van der Waals surface area contributed by atoms with Crippen LogP contribution in [0.2, 0.25) is 0 Å². The van der Waals surface area contributed by atoms with Crippen molar-refractivity contribution in [2.45, 2.75) is 0 Å². The fourth-order valence-electron chi connectivity index (χ4n) is 6.54. The van der Waals surface area contributed by atoms with Crippen LogP contribution in [0.15, 0.2) is 273 Å². The molecule has 0 aliphatic carbocycles. The minimum atomic E-state index is -1.83. The third-order valence-electron chi connectivity index (χ3n) is 9.13. The predicted octanol–water partition coefficient (Wildman–Crippen LogP) is 7.03. The molecule has 9 aromatic rings. The maximum absolute atomic E-state index is 2.28. The second-order valence-electron chi connectivity index (χ2n) is 13.0. The van der Waals surface area contributed by atoms with Gasteiger partial charge in [0, 0.05) is 19.5 Å². The summed E-state index contributed by atoms with van der Waals surface area (Å²) < 4.78 is 13.6. The van der Waals surface area contributed by atoms with Gasteiger partial charge in [0.1, 0.15) is 0 Å². The van der Waals surface area contributed by atoms with Crippen molar-refractivity contribution in [3.05, 3.63) is 273 Å². The first kappa shape index (κ1) is 46.4. The van der Waals surface area contributed by atoms with Crippen LogP contribution in [0.4, 0.5) is 0 Å². The molecule has 0 amide bonds. The van der Waals surface area contributed by atoms with Crippen molar-refractivity contribution in [1.82, 2.24) is 0 Å². The Morgan fingerprint density at radius 3 is 0.322 bits per heavy atom. The quantitative estimate of drug-likeness (QED) is 0.137. The molecule has 0 fully saturated rings. The van der Waals surface area contributed by atoms with E-state index in [1.54, 1.807) is 0 Å². The maximum atomic E-state index is 2.28. The average molecular weight is 1200 g/mol. The Hall–Kier alpha value is -3.65. The second kappa shape index (κ2) is 25.9. The molecule has 0 aromatic heterocycles. The molecule has 0 heterocycles. The van der Waals surface area contributed by atoms with Crippen molar-refractivity contribution >= 4 is 105 Å². The number of rotatable bonds is 9. The molecule has 0 unspecified atom stereocenters. The van der Waals surface area contributed by atoms with Gasteiger partial charge in [-0.3, -0.25) is 0 Å². The molecule has 9 rings (SSSR count). The van der Waals surface area contributed by atoms with Gasteiger partial charge in [-0.15, -0.1) is 12.4 Å². The van der Waals surface area contributed by atoms with E-state index >= 15 is 0 Å². The van der Waals surface area contributed by atoms with E-state index in [0.717, 1.165) is 0 Å². The van der Waals surface area contributed by atoms with E-state index in [1.807, 2.05) is 0 Å². The van der Waals surface area contributed by atoms with E-state index in [-0.39, 0.29) is 31.9 Å². The van der Waals surface area contributed by atoms with E-state index < -0.39 is 60.6 Å². The molecule has 59 heavy (non-hydrogen) atoms. The Morgan fingerprint density at radius 1 is 0.153 bits per heavy atom. The molecule has 0 aliphatic rings. The molecule has 0 spiro atoms. The third kappa shape index (κ3) is 13.7. The van der Waals surface area contributed by atoms with Crippen LogP contribution in [0.3, 0.4) is 0 Å². The van der Waals surface area contributed by atoms with E-state index in [9.17, 15) is 0 Å². The minimum absolute atomic E-state index is 0. The van der Waals surface area contributed by atoms with Crippen LogP contribution in [0.25, 0.3) is 0 Å². The molecule has 0 N–H and O–H groups in total. The van der Waals surface area contributed by atoms with Gasteiger partial charge in [-0.05, 0) is 0 Å². The molecule has 293 valence electrons. The van der Waals surface area contributed by atoms with Gasteiger partial charge in [0.2, 0.25) is 0 Å². The van der Waals surface area contributed by atoms with Crippen molar-refractivity contribution in [3.63, 3.8) is 0 Å². The molecular formula is C54H46ClRhSb3. The first-order chi connectivity index (χ1) is 28.3. The molecule has 0 saturated heterocycles. The monoisotopic (exact) mass is 1190 g/mol. The van der Waals surface area contributed by atoms with E-state index in [1.165, 1.54) is 31.6 Å². The summed E-state index contributed by atoms with van der Waals surface area (Å²) in [5.41, 5.74) is 0. The zero-order valence-electron chi connectivity index (χ0n) is 32.6. The van der Waals surface area contributed by atoms with Gasteiger partial charge in [-0.2, -0.15) is 0 Å². The van der Waals surface area contributed by atoms with Gasteiger partial charge in [0.05, 0.1) is 0 Å². The van der Waals surface area contributed by atoms with E-state index in [0.29, 0.717) is 0 Å². The van der Waals surface area contributed by atoms with Crippen LogP contribution >= 0.6 is 12.4 Å². The topological polar surface area (TPSA) is 0 Å². The Morgan fingerprint density at radius 2 is 0.237 bits per heavy atom. The average Bonchev–Trinajstić information content (AvgIpc) is 3.30. The molecule has 0 aliphatic heterocycles. The van der Waals surface area contributed by atoms with Gasteiger partial charge >= 0.3 is 365 Å². The molecule has 9 aromatic carbocycles. The standard InChI is InChI=1S/9C6H5.ClH.Rh.3Sb/c9*1-2-4-6-5-3-1;;;;;/h9*1-5H;1H;;;;. The molecule has 0 atom stereocenters. The number of benzene rings is 9. The molecule has 0 nitrogen and oxygen atoms in total. The van der Waals surface area contributed by atoms with Crippen molar-refractivity contribution in [3.8, 4) is 0 Å².